The fourth-order valence-corrected chi connectivity index (χ4v) is 3.97. The lowest BCUT2D eigenvalue weighted by molar-refractivity contribution is -0.136. The van der Waals surface area contributed by atoms with Crippen LogP contribution in [0.15, 0.2) is 88.2 Å². The monoisotopic (exact) mass is 516 g/mol. The number of methoxy groups -OCH3 is 1. The maximum atomic E-state index is 13.5. The maximum Gasteiger partial charge on any atom is 0.340 e. The second-order valence-corrected chi connectivity index (χ2v) is 8.29. The highest BCUT2D eigenvalue weighted by molar-refractivity contribution is 6.23. The normalized spacial score (nSPS) is 14.1. The van der Waals surface area contributed by atoms with E-state index >= 15 is 0 Å². The molecule has 0 fully saturated rings. The van der Waals surface area contributed by atoms with Crippen LogP contribution in [0.4, 0.5) is 5.69 Å². The Balaban J connectivity index is 1.48. The van der Waals surface area contributed by atoms with Gasteiger partial charge >= 0.3 is 5.97 Å². The van der Waals surface area contributed by atoms with E-state index in [1.807, 2.05) is 6.92 Å². The number of ether oxygens (including phenoxy) is 3. The minimum atomic E-state index is -0.601. The first-order valence-electron chi connectivity index (χ1n) is 12.0. The SMILES string of the molecule is CCOc1ccc(N2C(=O)/C(=C\c3ccc(OCC(=O)NCc4ccco4)cc3)C(C(=O)OC)=C2C)cc1. The summed E-state index contributed by atoms with van der Waals surface area (Å²) >= 11 is 0. The summed E-state index contributed by atoms with van der Waals surface area (Å²) in [4.78, 5) is 39.6. The molecule has 1 aromatic heterocycles. The van der Waals surface area contributed by atoms with Crippen molar-refractivity contribution in [3.63, 3.8) is 0 Å². The van der Waals surface area contributed by atoms with Crippen molar-refractivity contribution >= 4 is 29.5 Å². The van der Waals surface area contributed by atoms with E-state index in [2.05, 4.69) is 5.32 Å². The number of rotatable bonds is 10. The third-order valence-corrected chi connectivity index (χ3v) is 5.80. The van der Waals surface area contributed by atoms with Crippen molar-refractivity contribution in [3.05, 3.63) is 95.1 Å². The first kappa shape index (κ1) is 26.3. The number of benzene rings is 2. The van der Waals surface area contributed by atoms with Crippen LogP contribution in [0.25, 0.3) is 6.08 Å². The van der Waals surface area contributed by atoms with E-state index in [0.29, 0.717) is 40.8 Å². The van der Waals surface area contributed by atoms with Crippen molar-refractivity contribution < 1.29 is 33.0 Å². The van der Waals surface area contributed by atoms with E-state index in [9.17, 15) is 14.4 Å². The molecule has 0 saturated carbocycles. The van der Waals surface area contributed by atoms with Crippen molar-refractivity contribution in [2.45, 2.75) is 20.4 Å². The summed E-state index contributed by atoms with van der Waals surface area (Å²) in [6.45, 7) is 4.24. The summed E-state index contributed by atoms with van der Waals surface area (Å²) in [6.07, 6.45) is 3.17. The lowest BCUT2D eigenvalue weighted by Crippen LogP contribution is -2.28. The minimum absolute atomic E-state index is 0.162. The Kier molecular flexibility index (Phi) is 8.27. The molecular formula is C29H28N2O7. The predicted octanol–water partition coefficient (Wildman–Crippen LogP) is 4.25. The van der Waals surface area contributed by atoms with Gasteiger partial charge in [0.2, 0.25) is 0 Å². The first-order chi connectivity index (χ1) is 18.4. The molecule has 2 heterocycles. The Hall–Kier alpha value is -4.79. The minimum Gasteiger partial charge on any atom is -0.494 e. The molecule has 4 rings (SSSR count). The molecule has 3 aromatic rings. The average molecular weight is 517 g/mol. The van der Waals surface area contributed by atoms with Crippen LogP contribution in [0.1, 0.15) is 25.2 Å². The number of carbonyl (C=O) groups is 3. The number of amides is 2. The molecule has 0 aliphatic carbocycles. The molecule has 0 saturated heterocycles. The van der Waals surface area contributed by atoms with Crippen molar-refractivity contribution in [1.29, 1.82) is 0 Å². The van der Waals surface area contributed by atoms with E-state index in [1.165, 1.54) is 18.3 Å². The van der Waals surface area contributed by atoms with E-state index in [4.69, 9.17) is 18.6 Å². The summed E-state index contributed by atoms with van der Waals surface area (Å²) < 4.78 is 21.2. The van der Waals surface area contributed by atoms with Gasteiger partial charge in [0.25, 0.3) is 11.8 Å². The summed E-state index contributed by atoms with van der Waals surface area (Å²) in [6, 6.07) is 17.4. The molecule has 196 valence electrons. The number of carbonyl (C=O) groups excluding carboxylic acids is 3. The van der Waals surface area contributed by atoms with Gasteiger partial charge < -0.3 is 23.9 Å². The number of hydrogen-bond donors (Lipinski definition) is 1. The summed E-state index contributed by atoms with van der Waals surface area (Å²) in [5.41, 5.74) is 2.16. The van der Waals surface area contributed by atoms with Crippen molar-refractivity contribution in [2.75, 3.05) is 25.2 Å². The van der Waals surface area contributed by atoms with Gasteiger partial charge in [0, 0.05) is 11.4 Å². The third-order valence-electron chi connectivity index (χ3n) is 5.80. The van der Waals surface area contributed by atoms with Crippen LogP contribution >= 0.6 is 0 Å². The van der Waals surface area contributed by atoms with Crippen molar-refractivity contribution in [2.24, 2.45) is 0 Å². The summed E-state index contributed by atoms with van der Waals surface area (Å²) in [5, 5.41) is 2.71. The Labute approximate surface area is 220 Å². The lowest BCUT2D eigenvalue weighted by atomic mass is 10.0. The highest BCUT2D eigenvalue weighted by Gasteiger charge is 2.37. The molecule has 0 unspecified atom stereocenters. The summed E-state index contributed by atoms with van der Waals surface area (Å²) in [7, 11) is 1.28. The van der Waals surface area contributed by atoms with Gasteiger partial charge in [-0.2, -0.15) is 0 Å². The van der Waals surface area contributed by atoms with E-state index in [0.717, 1.165) is 0 Å². The highest BCUT2D eigenvalue weighted by Crippen LogP contribution is 2.36. The molecule has 0 bridgehead atoms. The maximum absolute atomic E-state index is 13.5. The molecular weight excluding hydrogens is 488 g/mol. The van der Waals surface area contributed by atoms with Crippen molar-refractivity contribution in [1.82, 2.24) is 5.32 Å². The first-order valence-corrected chi connectivity index (χ1v) is 12.0. The number of hydrogen-bond acceptors (Lipinski definition) is 7. The number of anilines is 1. The summed E-state index contributed by atoms with van der Waals surface area (Å²) in [5.74, 6) is 0.576. The van der Waals surface area contributed by atoms with Gasteiger partial charge in [-0.3, -0.25) is 14.5 Å². The molecule has 2 aromatic carbocycles. The largest absolute Gasteiger partial charge is 0.494 e. The highest BCUT2D eigenvalue weighted by atomic mass is 16.5. The molecule has 0 atom stereocenters. The van der Waals surface area contributed by atoms with E-state index in [-0.39, 0.29) is 36.1 Å². The van der Waals surface area contributed by atoms with E-state index in [1.54, 1.807) is 73.7 Å². The zero-order valence-electron chi connectivity index (χ0n) is 21.4. The van der Waals surface area contributed by atoms with Gasteiger partial charge in [0.05, 0.1) is 37.7 Å². The zero-order valence-corrected chi connectivity index (χ0v) is 21.4. The average Bonchev–Trinajstić information content (AvgIpc) is 3.53. The topological polar surface area (TPSA) is 107 Å². The third kappa shape index (κ3) is 5.95. The Morgan fingerprint density at radius 2 is 1.68 bits per heavy atom. The number of furan rings is 1. The van der Waals surface area contributed by atoms with Crippen LogP contribution in [0, 0.1) is 0 Å². The smallest absolute Gasteiger partial charge is 0.340 e. The second-order valence-electron chi connectivity index (χ2n) is 8.29. The molecule has 38 heavy (non-hydrogen) atoms. The number of nitrogens with one attached hydrogen (secondary N) is 1. The van der Waals surface area contributed by atoms with Crippen LogP contribution < -0.4 is 19.7 Å². The van der Waals surface area contributed by atoms with Crippen LogP contribution in [0.3, 0.4) is 0 Å². The molecule has 1 aliphatic rings. The fraction of sp³-hybridized carbons (Fsp3) is 0.207. The zero-order chi connectivity index (χ0) is 27.1. The Morgan fingerprint density at radius 3 is 2.32 bits per heavy atom. The fourth-order valence-electron chi connectivity index (χ4n) is 3.97. The number of esters is 1. The van der Waals surface area contributed by atoms with Gasteiger partial charge in [-0.15, -0.1) is 0 Å². The van der Waals surface area contributed by atoms with Gasteiger partial charge in [-0.05, 0) is 74.0 Å². The number of nitrogens with zero attached hydrogens (tertiary/aromatic N) is 1. The quantitative estimate of drug-likeness (QED) is 0.317. The molecule has 1 aliphatic heterocycles. The molecule has 1 N–H and O–H groups in total. The van der Waals surface area contributed by atoms with E-state index < -0.39 is 5.97 Å². The number of allylic oxidation sites excluding steroid dienone is 1. The van der Waals surface area contributed by atoms with Gasteiger partial charge in [0.1, 0.15) is 17.3 Å². The van der Waals surface area contributed by atoms with Crippen LogP contribution in [0.5, 0.6) is 11.5 Å². The lowest BCUT2D eigenvalue weighted by Gasteiger charge is -2.18. The Morgan fingerprint density at radius 1 is 1.00 bits per heavy atom. The van der Waals surface area contributed by atoms with Crippen molar-refractivity contribution in [3.8, 4) is 11.5 Å². The molecule has 2 amide bonds. The Bertz CT molecular complexity index is 1350. The molecule has 0 spiro atoms. The van der Waals surface area contributed by atoms with Gasteiger partial charge in [-0.1, -0.05) is 12.1 Å². The predicted molar refractivity (Wildman–Crippen MR) is 140 cm³/mol. The van der Waals surface area contributed by atoms with Crippen LogP contribution in [-0.2, 0) is 25.7 Å². The molecule has 0 radical (unpaired) electrons. The standard InChI is InChI=1S/C29H28N2O7/c1-4-36-22-13-9-21(10-14-22)31-19(2)27(29(34)35-3)25(28(31)33)16-20-7-11-23(12-8-20)38-18-26(32)30-17-24-6-5-15-37-24/h5-16H,4,17-18H2,1-3H3,(H,30,32)/b25-16-. The van der Waals surface area contributed by atoms with Gasteiger partial charge in [0.15, 0.2) is 6.61 Å². The second kappa shape index (κ2) is 12.0. The van der Waals surface area contributed by atoms with Crippen LogP contribution in [0.2, 0.25) is 0 Å². The van der Waals surface area contributed by atoms with Crippen LogP contribution in [-0.4, -0.2) is 38.1 Å². The van der Waals surface area contributed by atoms with Gasteiger partial charge in [-0.25, -0.2) is 4.79 Å². The molecule has 9 nitrogen and oxygen atoms in total. The molecule has 9 heteroatoms.